The van der Waals surface area contributed by atoms with Crippen LogP contribution in [-0.2, 0) is 6.42 Å². The van der Waals surface area contributed by atoms with Crippen molar-refractivity contribution in [1.82, 2.24) is 0 Å². The smallest absolute Gasteiger partial charge is 0.123 e. The van der Waals surface area contributed by atoms with Gasteiger partial charge in [-0.05, 0) is 50.8 Å². The average Bonchev–Trinajstić information content (AvgIpc) is 3.00. The lowest BCUT2D eigenvalue weighted by molar-refractivity contribution is 0.239. The van der Waals surface area contributed by atoms with Gasteiger partial charge >= 0.3 is 0 Å². The summed E-state index contributed by atoms with van der Waals surface area (Å²) in [7, 11) is 0. The van der Waals surface area contributed by atoms with Gasteiger partial charge in [-0.15, -0.1) is 0 Å². The van der Waals surface area contributed by atoms with Crippen molar-refractivity contribution in [2.24, 2.45) is 0 Å². The van der Waals surface area contributed by atoms with Crippen molar-refractivity contribution in [2.45, 2.75) is 52.2 Å². The summed E-state index contributed by atoms with van der Waals surface area (Å²) in [5.41, 5.74) is 1.27. The third-order valence-electron chi connectivity index (χ3n) is 2.55. The monoisotopic (exact) mass is 220 g/mol. The molecule has 16 heavy (non-hydrogen) atoms. The SMILES string of the molecule is CCc1cc(OC(C)C)cc(OC2CC2)c1. The van der Waals surface area contributed by atoms with E-state index in [1.54, 1.807) is 0 Å². The van der Waals surface area contributed by atoms with Crippen LogP contribution >= 0.6 is 0 Å². The molecule has 0 radical (unpaired) electrons. The Morgan fingerprint density at radius 3 is 2.44 bits per heavy atom. The minimum Gasteiger partial charge on any atom is -0.491 e. The third kappa shape index (κ3) is 3.16. The summed E-state index contributed by atoms with van der Waals surface area (Å²) in [6, 6.07) is 6.21. The van der Waals surface area contributed by atoms with Gasteiger partial charge in [0, 0.05) is 6.07 Å². The van der Waals surface area contributed by atoms with Crippen molar-refractivity contribution in [2.75, 3.05) is 0 Å². The Morgan fingerprint density at radius 2 is 1.88 bits per heavy atom. The van der Waals surface area contributed by atoms with Crippen molar-refractivity contribution >= 4 is 0 Å². The summed E-state index contributed by atoms with van der Waals surface area (Å²) in [6.07, 6.45) is 4.05. The van der Waals surface area contributed by atoms with E-state index in [9.17, 15) is 0 Å². The second-order valence-corrected chi connectivity index (χ2v) is 4.65. The van der Waals surface area contributed by atoms with Crippen LogP contribution in [0.5, 0.6) is 11.5 Å². The maximum Gasteiger partial charge on any atom is 0.123 e. The molecule has 0 spiro atoms. The van der Waals surface area contributed by atoms with Gasteiger partial charge in [-0.25, -0.2) is 0 Å². The molecule has 1 aliphatic rings. The average molecular weight is 220 g/mol. The van der Waals surface area contributed by atoms with Gasteiger partial charge in [0.2, 0.25) is 0 Å². The van der Waals surface area contributed by atoms with E-state index >= 15 is 0 Å². The normalized spacial score (nSPS) is 15.2. The minimum atomic E-state index is 0.209. The molecule has 0 N–H and O–H groups in total. The molecule has 1 aromatic rings. The Balaban J connectivity index is 2.15. The van der Waals surface area contributed by atoms with Crippen molar-refractivity contribution in [1.29, 1.82) is 0 Å². The maximum absolute atomic E-state index is 5.81. The Labute approximate surface area is 97.6 Å². The van der Waals surface area contributed by atoms with E-state index in [1.165, 1.54) is 18.4 Å². The molecule has 0 aliphatic heterocycles. The summed E-state index contributed by atoms with van der Waals surface area (Å²) < 4.78 is 11.5. The Hall–Kier alpha value is -1.18. The highest BCUT2D eigenvalue weighted by molar-refractivity contribution is 5.38. The molecule has 1 aliphatic carbocycles. The molecule has 0 atom stereocenters. The fourth-order valence-corrected chi connectivity index (χ4v) is 1.62. The van der Waals surface area contributed by atoms with Crippen LogP contribution in [0.1, 0.15) is 39.2 Å². The van der Waals surface area contributed by atoms with Gasteiger partial charge in [0.15, 0.2) is 0 Å². The van der Waals surface area contributed by atoms with Gasteiger partial charge < -0.3 is 9.47 Å². The second-order valence-electron chi connectivity index (χ2n) is 4.65. The number of hydrogen-bond donors (Lipinski definition) is 0. The van der Waals surface area contributed by atoms with E-state index in [1.807, 2.05) is 19.9 Å². The molecule has 0 saturated heterocycles. The van der Waals surface area contributed by atoms with Gasteiger partial charge in [0.25, 0.3) is 0 Å². The van der Waals surface area contributed by atoms with Gasteiger partial charge in [-0.2, -0.15) is 0 Å². The second kappa shape index (κ2) is 4.77. The highest BCUT2D eigenvalue weighted by Gasteiger charge is 2.23. The Morgan fingerprint density at radius 1 is 1.19 bits per heavy atom. The fraction of sp³-hybridized carbons (Fsp3) is 0.571. The van der Waals surface area contributed by atoms with E-state index in [0.29, 0.717) is 6.10 Å². The van der Waals surface area contributed by atoms with Gasteiger partial charge in [0.05, 0.1) is 12.2 Å². The van der Waals surface area contributed by atoms with E-state index in [-0.39, 0.29) is 6.10 Å². The molecule has 1 saturated carbocycles. The molecule has 0 amide bonds. The van der Waals surface area contributed by atoms with E-state index in [4.69, 9.17) is 9.47 Å². The first-order chi connectivity index (χ1) is 7.67. The standard InChI is InChI=1S/C14H20O2/c1-4-11-7-13(15-10(2)3)9-14(8-11)16-12-5-6-12/h7-10,12H,4-6H2,1-3H3. The first-order valence-corrected chi connectivity index (χ1v) is 6.14. The molecular weight excluding hydrogens is 200 g/mol. The van der Waals surface area contributed by atoms with Crippen LogP contribution in [0.15, 0.2) is 18.2 Å². The molecule has 2 heteroatoms. The van der Waals surface area contributed by atoms with Crippen LogP contribution in [0, 0.1) is 0 Å². The number of hydrogen-bond acceptors (Lipinski definition) is 2. The number of aryl methyl sites for hydroxylation is 1. The minimum absolute atomic E-state index is 0.209. The lowest BCUT2D eigenvalue weighted by Crippen LogP contribution is -2.06. The van der Waals surface area contributed by atoms with Gasteiger partial charge in [-0.3, -0.25) is 0 Å². The van der Waals surface area contributed by atoms with Crippen molar-refractivity contribution in [3.63, 3.8) is 0 Å². The molecule has 1 fully saturated rings. The lowest BCUT2D eigenvalue weighted by atomic mass is 10.1. The predicted octanol–water partition coefficient (Wildman–Crippen LogP) is 3.58. The number of ether oxygens (including phenoxy) is 2. The summed E-state index contributed by atoms with van der Waals surface area (Å²) in [6.45, 7) is 6.23. The Kier molecular flexibility index (Phi) is 3.37. The zero-order valence-electron chi connectivity index (χ0n) is 10.3. The number of rotatable bonds is 5. The molecule has 0 aromatic heterocycles. The van der Waals surface area contributed by atoms with E-state index in [0.717, 1.165) is 17.9 Å². The first-order valence-electron chi connectivity index (χ1n) is 6.14. The van der Waals surface area contributed by atoms with Crippen LogP contribution in [0.2, 0.25) is 0 Å². The van der Waals surface area contributed by atoms with Gasteiger partial charge in [0.1, 0.15) is 11.5 Å². The molecule has 88 valence electrons. The number of benzene rings is 1. The van der Waals surface area contributed by atoms with Gasteiger partial charge in [-0.1, -0.05) is 6.92 Å². The maximum atomic E-state index is 5.81. The van der Waals surface area contributed by atoms with Crippen molar-refractivity contribution < 1.29 is 9.47 Å². The van der Waals surface area contributed by atoms with Crippen LogP contribution in [0.4, 0.5) is 0 Å². The molecular formula is C14H20O2. The summed E-state index contributed by atoms with van der Waals surface area (Å²) in [5.74, 6) is 1.88. The largest absolute Gasteiger partial charge is 0.491 e. The Bertz CT molecular complexity index is 332. The van der Waals surface area contributed by atoms with E-state index in [2.05, 4.69) is 19.1 Å². The highest BCUT2D eigenvalue weighted by Crippen LogP contribution is 2.30. The van der Waals surface area contributed by atoms with Crippen LogP contribution in [-0.4, -0.2) is 12.2 Å². The van der Waals surface area contributed by atoms with Crippen LogP contribution in [0.25, 0.3) is 0 Å². The van der Waals surface area contributed by atoms with Crippen molar-refractivity contribution in [3.8, 4) is 11.5 Å². The molecule has 2 nitrogen and oxygen atoms in total. The molecule has 0 unspecified atom stereocenters. The van der Waals surface area contributed by atoms with E-state index < -0.39 is 0 Å². The summed E-state index contributed by atoms with van der Waals surface area (Å²) in [5, 5.41) is 0. The topological polar surface area (TPSA) is 18.5 Å². The highest BCUT2D eigenvalue weighted by atomic mass is 16.5. The van der Waals surface area contributed by atoms with Crippen LogP contribution < -0.4 is 9.47 Å². The summed E-state index contributed by atoms with van der Waals surface area (Å²) in [4.78, 5) is 0. The molecule has 0 heterocycles. The molecule has 2 rings (SSSR count). The van der Waals surface area contributed by atoms with Crippen LogP contribution in [0.3, 0.4) is 0 Å². The molecule has 1 aromatic carbocycles. The lowest BCUT2D eigenvalue weighted by Gasteiger charge is -2.13. The summed E-state index contributed by atoms with van der Waals surface area (Å²) >= 11 is 0. The quantitative estimate of drug-likeness (QED) is 0.755. The van der Waals surface area contributed by atoms with Crippen molar-refractivity contribution in [3.05, 3.63) is 23.8 Å². The predicted molar refractivity (Wildman–Crippen MR) is 65.2 cm³/mol. The zero-order chi connectivity index (χ0) is 11.5. The molecule has 0 bridgehead atoms. The fourth-order valence-electron chi connectivity index (χ4n) is 1.62. The zero-order valence-corrected chi connectivity index (χ0v) is 10.3. The first kappa shape index (κ1) is 11.3. The third-order valence-corrected chi connectivity index (χ3v) is 2.55.